The zero-order chi connectivity index (χ0) is 74.9. The molecule has 0 saturated carbocycles. The van der Waals surface area contributed by atoms with Crippen molar-refractivity contribution < 1.29 is 80.2 Å². The summed E-state index contributed by atoms with van der Waals surface area (Å²) >= 11 is 0. The molecular weight excluding hydrogens is 1330 g/mol. The Labute approximate surface area is 626 Å². The maximum Gasteiger partial charge on any atom is 0.472 e. The minimum Gasteiger partial charge on any atom is -0.462 e. The van der Waals surface area contributed by atoms with E-state index < -0.39 is 97.5 Å². The van der Waals surface area contributed by atoms with Gasteiger partial charge in [-0.05, 0) is 37.5 Å². The highest BCUT2D eigenvalue weighted by molar-refractivity contribution is 7.47. The maximum atomic E-state index is 13.1. The third-order valence-corrected chi connectivity index (χ3v) is 21.4. The summed E-state index contributed by atoms with van der Waals surface area (Å²) in [5.74, 6) is -0.580. The van der Waals surface area contributed by atoms with E-state index in [1.54, 1.807) is 0 Å². The minimum absolute atomic E-state index is 0.108. The van der Waals surface area contributed by atoms with E-state index in [2.05, 4.69) is 41.5 Å². The molecule has 0 aliphatic heterocycles. The van der Waals surface area contributed by atoms with Gasteiger partial charge in [-0.1, -0.05) is 388 Å². The van der Waals surface area contributed by atoms with E-state index in [1.165, 1.54) is 257 Å². The van der Waals surface area contributed by atoms with Crippen LogP contribution in [0.3, 0.4) is 0 Å². The molecular formula is C83H162O17P2. The Hall–Kier alpha value is -1.94. The monoisotopic (exact) mass is 1490 g/mol. The van der Waals surface area contributed by atoms with Crippen LogP contribution in [0.1, 0.15) is 440 Å². The molecule has 0 radical (unpaired) electrons. The molecule has 19 heteroatoms. The largest absolute Gasteiger partial charge is 0.472 e. The molecule has 3 N–H and O–H groups in total. The minimum atomic E-state index is -4.96. The van der Waals surface area contributed by atoms with Gasteiger partial charge in [0.2, 0.25) is 0 Å². The molecule has 0 spiro atoms. The Morgan fingerprint density at radius 1 is 0.265 bits per heavy atom. The topological polar surface area (TPSA) is 237 Å². The number of carbonyl (C=O) groups excluding carboxylic acids is 4. The summed E-state index contributed by atoms with van der Waals surface area (Å²) in [5, 5.41) is 10.7. The van der Waals surface area contributed by atoms with Crippen molar-refractivity contribution in [3.8, 4) is 0 Å². The molecule has 0 rings (SSSR count). The summed E-state index contributed by atoms with van der Waals surface area (Å²) in [7, 11) is -9.92. The van der Waals surface area contributed by atoms with Crippen LogP contribution in [0, 0.1) is 11.8 Å². The zero-order valence-electron chi connectivity index (χ0n) is 66.9. The van der Waals surface area contributed by atoms with E-state index in [1.807, 2.05) is 0 Å². The number of phosphoric acid groups is 2. The Kier molecular flexibility index (Phi) is 73.1. The summed E-state index contributed by atoms with van der Waals surface area (Å²) < 4.78 is 68.8. The lowest BCUT2D eigenvalue weighted by atomic mass is 10.0. The van der Waals surface area contributed by atoms with Crippen LogP contribution in [0.25, 0.3) is 0 Å². The van der Waals surface area contributed by atoms with Crippen molar-refractivity contribution in [2.75, 3.05) is 39.6 Å². The number of rotatable bonds is 82. The number of hydrogen-bond acceptors (Lipinski definition) is 15. The molecule has 0 aromatic carbocycles. The van der Waals surface area contributed by atoms with Crippen LogP contribution in [0.5, 0.6) is 0 Å². The number of ether oxygens (including phenoxy) is 4. The average Bonchev–Trinajstić information content (AvgIpc) is 0.978. The van der Waals surface area contributed by atoms with Crippen molar-refractivity contribution in [1.82, 2.24) is 0 Å². The predicted molar refractivity (Wildman–Crippen MR) is 418 cm³/mol. The van der Waals surface area contributed by atoms with Crippen LogP contribution in [0.15, 0.2) is 0 Å². The third-order valence-electron chi connectivity index (χ3n) is 19.5. The highest BCUT2D eigenvalue weighted by Gasteiger charge is 2.30. The van der Waals surface area contributed by atoms with Crippen LogP contribution in [-0.4, -0.2) is 96.7 Å². The van der Waals surface area contributed by atoms with E-state index in [0.29, 0.717) is 25.7 Å². The first-order chi connectivity index (χ1) is 49.4. The van der Waals surface area contributed by atoms with Gasteiger partial charge in [0.1, 0.15) is 19.3 Å². The Morgan fingerprint density at radius 2 is 0.451 bits per heavy atom. The average molecular weight is 1490 g/mol. The molecule has 0 amide bonds. The van der Waals surface area contributed by atoms with Crippen molar-refractivity contribution in [2.24, 2.45) is 11.8 Å². The maximum absolute atomic E-state index is 13.1. The molecule has 2 unspecified atom stereocenters. The summed E-state index contributed by atoms with van der Waals surface area (Å²) in [4.78, 5) is 73.1. The molecule has 5 atom stereocenters. The van der Waals surface area contributed by atoms with Crippen LogP contribution >= 0.6 is 15.6 Å². The molecule has 0 saturated heterocycles. The van der Waals surface area contributed by atoms with Crippen LogP contribution in [0.4, 0.5) is 0 Å². The molecule has 0 bridgehead atoms. The standard InChI is InChI=1S/C83H162O17P2/c1-7-9-11-13-15-17-19-21-23-24-25-26-27-28-29-31-37-43-50-56-62-68-83(88)99-78(71-93-80(85)65-59-53-47-41-35-33-32-34-39-45-51-57-63-75(3)4)73-97-101(89,90)95-69-77(84)70-96-102(91,92)98-74-79(72-94-81(86)66-60-54-48-44-38-40-46-52-58-64-76(5)6)100-82(87)67-61-55-49-42-36-30-22-20-18-16-14-12-10-8-2/h75-79,84H,7-74H2,1-6H3,(H,89,90)(H,91,92)/t77-,78-,79-/m1/s1. The van der Waals surface area contributed by atoms with Crippen LogP contribution in [-0.2, 0) is 65.4 Å². The van der Waals surface area contributed by atoms with Gasteiger partial charge in [-0.15, -0.1) is 0 Å². The Morgan fingerprint density at radius 3 is 0.667 bits per heavy atom. The predicted octanol–water partition coefficient (Wildman–Crippen LogP) is 25.1. The SMILES string of the molecule is CCCCCCCCCCCCCCCCCCCCCCCC(=O)O[C@H](COC(=O)CCCCCCCCCCCCCCC(C)C)COP(=O)(O)OC[C@@H](O)COP(=O)(O)OC[C@@H](COC(=O)CCCCCCCCCCCC(C)C)OC(=O)CCCCCCCCCCCCCCCC. The zero-order valence-corrected chi connectivity index (χ0v) is 68.7. The van der Waals surface area contributed by atoms with E-state index in [9.17, 15) is 43.2 Å². The van der Waals surface area contributed by atoms with Gasteiger partial charge in [0.05, 0.1) is 26.4 Å². The molecule has 0 aliphatic carbocycles. The van der Waals surface area contributed by atoms with E-state index >= 15 is 0 Å². The molecule has 0 aromatic rings. The van der Waals surface area contributed by atoms with Gasteiger partial charge in [-0.2, -0.15) is 0 Å². The second-order valence-corrected chi connectivity index (χ2v) is 33.7. The van der Waals surface area contributed by atoms with Crippen molar-refractivity contribution >= 4 is 39.5 Å². The summed E-state index contributed by atoms with van der Waals surface area (Å²) in [6.07, 6.45) is 65.2. The molecule has 17 nitrogen and oxygen atoms in total. The first-order valence-electron chi connectivity index (χ1n) is 43.0. The molecule has 0 heterocycles. The van der Waals surface area contributed by atoms with Crippen LogP contribution < -0.4 is 0 Å². The quantitative estimate of drug-likeness (QED) is 0.0222. The highest BCUT2D eigenvalue weighted by Crippen LogP contribution is 2.45. The third kappa shape index (κ3) is 76.3. The number of carbonyl (C=O) groups is 4. The van der Waals surface area contributed by atoms with Gasteiger partial charge in [-0.25, -0.2) is 9.13 Å². The smallest absolute Gasteiger partial charge is 0.462 e. The Balaban J connectivity index is 5.24. The number of aliphatic hydroxyl groups is 1. The van der Waals surface area contributed by atoms with Gasteiger partial charge in [0.15, 0.2) is 12.2 Å². The number of aliphatic hydroxyl groups excluding tert-OH is 1. The van der Waals surface area contributed by atoms with Gasteiger partial charge in [0.25, 0.3) is 0 Å². The molecule has 606 valence electrons. The van der Waals surface area contributed by atoms with Gasteiger partial charge < -0.3 is 33.8 Å². The summed E-state index contributed by atoms with van der Waals surface area (Å²) in [5.41, 5.74) is 0. The summed E-state index contributed by atoms with van der Waals surface area (Å²) in [6.45, 7) is 9.64. The number of phosphoric ester groups is 2. The lowest BCUT2D eigenvalue weighted by Gasteiger charge is -2.21. The first kappa shape index (κ1) is 100. The van der Waals surface area contributed by atoms with Crippen LogP contribution in [0.2, 0.25) is 0 Å². The van der Waals surface area contributed by atoms with Gasteiger partial charge in [0, 0.05) is 25.7 Å². The van der Waals surface area contributed by atoms with E-state index in [4.69, 9.17) is 37.0 Å². The van der Waals surface area contributed by atoms with Crippen molar-refractivity contribution in [3.63, 3.8) is 0 Å². The number of esters is 4. The molecule has 102 heavy (non-hydrogen) atoms. The van der Waals surface area contributed by atoms with E-state index in [0.717, 1.165) is 102 Å². The van der Waals surface area contributed by atoms with Crippen molar-refractivity contribution in [3.05, 3.63) is 0 Å². The lowest BCUT2D eigenvalue weighted by Crippen LogP contribution is -2.30. The second kappa shape index (κ2) is 74.5. The molecule has 0 fully saturated rings. The highest BCUT2D eigenvalue weighted by atomic mass is 31.2. The molecule has 0 aromatic heterocycles. The fourth-order valence-corrected chi connectivity index (χ4v) is 14.5. The first-order valence-corrected chi connectivity index (χ1v) is 46.0. The fourth-order valence-electron chi connectivity index (χ4n) is 12.9. The van der Waals surface area contributed by atoms with Crippen molar-refractivity contribution in [1.29, 1.82) is 0 Å². The lowest BCUT2D eigenvalue weighted by molar-refractivity contribution is -0.161. The van der Waals surface area contributed by atoms with Gasteiger partial charge >= 0.3 is 39.5 Å². The fraction of sp³-hybridized carbons (Fsp3) is 0.952. The second-order valence-electron chi connectivity index (χ2n) is 30.8. The van der Waals surface area contributed by atoms with E-state index in [-0.39, 0.29) is 25.7 Å². The normalized spacial score (nSPS) is 13.9. The number of hydrogen-bond donors (Lipinski definition) is 3. The van der Waals surface area contributed by atoms with Gasteiger partial charge in [-0.3, -0.25) is 37.3 Å². The van der Waals surface area contributed by atoms with Crippen molar-refractivity contribution in [2.45, 2.75) is 458 Å². The number of unbranched alkanes of at least 4 members (excludes halogenated alkanes) is 52. The Bertz CT molecular complexity index is 1960. The summed E-state index contributed by atoms with van der Waals surface area (Å²) in [6, 6.07) is 0. The molecule has 0 aliphatic rings.